The van der Waals surface area contributed by atoms with Crippen LogP contribution in [0.1, 0.15) is 31.9 Å². The monoisotopic (exact) mass is 401 g/mol. The summed E-state index contributed by atoms with van der Waals surface area (Å²) < 4.78 is 12.4. The van der Waals surface area contributed by atoms with Gasteiger partial charge in [0.05, 0.1) is 30.4 Å². The Balaban J connectivity index is 1.78. The minimum atomic E-state index is -0.609. The van der Waals surface area contributed by atoms with Gasteiger partial charge < -0.3 is 14.8 Å². The molecule has 1 N–H and O–H groups in total. The van der Waals surface area contributed by atoms with Crippen LogP contribution in [0.2, 0.25) is 0 Å². The first-order valence-corrected chi connectivity index (χ1v) is 9.39. The SMILES string of the molecule is CC(C)[C@@H](NC(=O)Cn1cc([N+](=O)[O-])ccc1=O)c1ccc2c(c1)OCCCO2. The number of fused-ring (bicyclic) bond motifs is 1. The molecule has 3 rings (SSSR count). The van der Waals surface area contributed by atoms with Crippen molar-refractivity contribution in [3.8, 4) is 11.5 Å². The molecule has 0 saturated heterocycles. The van der Waals surface area contributed by atoms with Gasteiger partial charge in [-0.2, -0.15) is 0 Å². The maximum atomic E-state index is 12.6. The van der Waals surface area contributed by atoms with Crippen LogP contribution in [-0.2, 0) is 11.3 Å². The highest BCUT2D eigenvalue weighted by Gasteiger charge is 2.22. The second kappa shape index (κ2) is 8.76. The van der Waals surface area contributed by atoms with Gasteiger partial charge in [0.1, 0.15) is 6.54 Å². The first-order chi connectivity index (χ1) is 13.8. The van der Waals surface area contributed by atoms with E-state index in [0.29, 0.717) is 24.7 Å². The normalized spacial score (nSPS) is 14.2. The predicted octanol–water partition coefficient (Wildman–Crippen LogP) is 2.43. The fourth-order valence-corrected chi connectivity index (χ4v) is 3.13. The number of ether oxygens (including phenoxy) is 2. The lowest BCUT2D eigenvalue weighted by molar-refractivity contribution is -0.385. The van der Waals surface area contributed by atoms with Crippen LogP contribution in [0.5, 0.6) is 11.5 Å². The van der Waals surface area contributed by atoms with E-state index >= 15 is 0 Å². The van der Waals surface area contributed by atoms with Crippen molar-refractivity contribution in [2.75, 3.05) is 13.2 Å². The maximum absolute atomic E-state index is 12.6. The highest BCUT2D eigenvalue weighted by atomic mass is 16.6. The summed E-state index contributed by atoms with van der Waals surface area (Å²) in [6.45, 7) is 4.77. The lowest BCUT2D eigenvalue weighted by Crippen LogP contribution is -2.36. The van der Waals surface area contributed by atoms with Crippen molar-refractivity contribution in [2.45, 2.75) is 32.9 Å². The molecule has 0 aliphatic carbocycles. The average Bonchev–Trinajstić information content (AvgIpc) is 2.92. The molecule has 154 valence electrons. The van der Waals surface area contributed by atoms with Crippen molar-refractivity contribution in [1.29, 1.82) is 0 Å². The number of hydrogen-bond acceptors (Lipinski definition) is 6. The minimum Gasteiger partial charge on any atom is -0.490 e. The van der Waals surface area contributed by atoms with E-state index in [9.17, 15) is 19.7 Å². The highest BCUT2D eigenvalue weighted by molar-refractivity contribution is 5.76. The topological polar surface area (TPSA) is 113 Å². The Labute approximate surface area is 167 Å². The van der Waals surface area contributed by atoms with Gasteiger partial charge in [0.25, 0.3) is 11.2 Å². The molecule has 1 atom stereocenters. The molecular weight excluding hydrogens is 378 g/mol. The molecule has 1 aromatic carbocycles. The third kappa shape index (κ3) is 4.92. The number of carbonyl (C=O) groups excluding carboxylic acids is 1. The zero-order valence-electron chi connectivity index (χ0n) is 16.3. The molecule has 0 radical (unpaired) electrons. The molecule has 29 heavy (non-hydrogen) atoms. The fraction of sp³-hybridized carbons (Fsp3) is 0.400. The summed E-state index contributed by atoms with van der Waals surface area (Å²) in [6, 6.07) is 7.42. The Morgan fingerprint density at radius 3 is 2.62 bits per heavy atom. The molecule has 2 heterocycles. The van der Waals surface area contributed by atoms with E-state index in [4.69, 9.17) is 9.47 Å². The van der Waals surface area contributed by atoms with E-state index in [1.54, 1.807) is 0 Å². The summed E-state index contributed by atoms with van der Waals surface area (Å²) >= 11 is 0. The Hall–Kier alpha value is -3.36. The van der Waals surface area contributed by atoms with E-state index < -0.39 is 16.4 Å². The molecule has 0 bridgehead atoms. The van der Waals surface area contributed by atoms with Crippen molar-refractivity contribution in [1.82, 2.24) is 9.88 Å². The van der Waals surface area contributed by atoms with Crippen LogP contribution in [0.15, 0.2) is 41.3 Å². The number of pyridine rings is 1. The number of benzene rings is 1. The Bertz CT molecular complexity index is 969. The van der Waals surface area contributed by atoms with Crippen LogP contribution in [0.3, 0.4) is 0 Å². The number of amides is 1. The van der Waals surface area contributed by atoms with Gasteiger partial charge in [0, 0.05) is 18.6 Å². The molecule has 0 fully saturated rings. The van der Waals surface area contributed by atoms with Crippen molar-refractivity contribution in [2.24, 2.45) is 5.92 Å². The molecule has 2 aromatic rings. The highest BCUT2D eigenvalue weighted by Crippen LogP contribution is 2.34. The molecular formula is C20H23N3O6. The number of nitro groups is 1. The van der Waals surface area contributed by atoms with Crippen LogP contribution < -0.4 is 20.3 Å². The van der Waals surface area contributed by atoms with Crippen molar-refractivity contribution in [3.05, 3.63) is 62.6 Å². The number of aromatic nitrogens is 1. The number of hydrogen-bond donors (Lipinski definition) is 1. The van der Waals surface area contributed by atoms with E-state index in [2.05, 4.69) is 5.32 Å². The smallest absolute Gasteiger partial charge is 0.285 e. The van der Waals surface area contributed by atoms with Crippen molar-refractivity contribution >= 4 is 11.6 Å². The maximum Gasteiger partial charge on any atom is 0.285 e. The predicted molar refractivity (Wildman–Crippen MR) is 105 cm³/mol. The Morgan fingerprint density at radius 2 is 1.93 bits per heavy atom. The average molecular weight is 401 g/mol. The van der Waals surface area contributed by atoms with Crippen LogP contribution in [-0.4, -0.2) is 28.6 Å². The molecule has 1 amide bonds. The fourth-order valence-electron chi connectivity index (χ4n) is 3.13. The van der Waals surface area contributed by atoms with E-state index in [-0.39, 0.29) is 24.2 Å². The van der Waals surface area contributed by atoms with Gasteiger partial charge in [0.15, 0.2) is 11.5 Å². The quantitative estimate of drug-likeness (QED) is 0.588. The molecule has 1 aromatic heterocycles. The van der Waals surface area contributed by atoms with Gasteiger partial charge in [-0.15, -0.1) is 0 Å². The van der Waals surface area contributed by atoms with Gasteiger partial charge in [-0.25, -0.2) is 0 Å². The number of nitrogens with zero attached hydrogens (tertiary/aromatic N) is 2. The van der Waals surface area contributed by atoms with Crippen LogP contribution >= 0.6 is 0 Å². The second-order valence-corrected chi connectivity index (χ2v) is 7.16. The standard InChI is InChI=1S/C20H23N3O6/c1-13(2)20(14-4-6-16-17(10-14)29-9-3-8-28-16)21-18(24)12-22-11-15(23(26)27)5-7-19(22)25/h4-7,10-11,13,20H,3,8-9,12H2,1-2H3,(H,21,24)/t20-/m1/s1. The van der Waals surface area contributed by atoms with Gasteiger partial charge in [-0.05, 0) is 23.6 Å². The van der Waals surface area contributed by atoms with E-state index in [1.165, 1.54) is 0 Å². The van der Waals surface area contributed by atoms with Crippen LogP contribution in [0, 0.1) is 16.0 Å². The molecule has 0 unspecified atom stereocenters. The summed E-state index contributed by atoms with van der Waals surface area (Å²) in [5.41, 5.74) is 0.118. The summed E-state index contributed by atoms with van der Waals surface area (Å²) in [5.74, 6) is 0.946. The van der Waals surface area contributed by atoms with E-state index in [0.717, 1.165) is 34.9 Å². The van der Waals surface area contributed by atoms with Crippen molar-refractivity contribution in [3.63, 3.8) is 0 Å². The lowest BCUT2D eigenvalue weighted by atomic mass is 9.95. The first kappa shape index (κ1) is 20.4. The second-order valence-electron chi connectivity index (χ2n) is 7.16. The third-order valence-electron chi connectivity index (χ3n) is 4.61. The van der Waals surface area contributed by atoms with Gasteiger partial charge >= 0.3 is 0 Å². The summed E-state index contributed by atoms with van der Waals surface area (Å²) in [6.07, 6.45) is 1.87. The summed E-state index contributed by atoms with van der Waals surface area (Å²) in [4.78, 5) is 34.8. The zero-order valence-corrected chi connectivity index (χ0v) is 16.3. The Kier molecular flexibility index (Phi) is 6.16. The van der Waals surface area contributed by atoms with Gasteiger partial charge in [-0.1, -0.05) is 19.9 Å². The molecule has 0 spiro atoms. The molecule has 1 aliphatic rings. The van der Waals surface area contributed by atoms with Crippen LogP contribution in [0.4, 0.5) is 5.69 Å². The molecule has 0 saturated carbocycles. The van der Waals surface area contributed by atoms with E-state index in [1.807, 2.05) is 32.0 Å². The number of nitrogens with one attached hydrogen (secondary N) is 1. The molecule has 9 nitrogen and oxygen atoms in total. The third-order valence-corrected chi connectivity index (χ3v) is 4.61. The zero-order chi connectivity index (χ0) is 21.0. The number of carbonyl (C=O) groups is 1. The molecule has 9 heteroatoms. The van der Waals surface area contributed by atoms with Crippen molar-refractivity contribution < 1.29 is 19.2 Å². The lowest BCUT2D eigenvalue weighted by Gasteiger charge is -2.24. The van der Waals surface area contributed by atoms with Crippen LogP contribution in [0.25, 0.3) is 0 Å². The molecule has 1 aliphatic heterocycles. The first-order valence-electron chi connectivity index (χ1n) is 9.39. The summed E-state index contributed by atoms with van der Waals surface area (Å²) in [7, 11) is 0. The minimum absolute atomic E-state index is 0.0607. The largest absolute Gasteiger partial charge is 0.490 e. The van der Waals surface area contributed by atoms with Gasteiger partial charge in [0.2, 0.25) is 5.91 Å². The Morgan fingerprint density at radius 1 is 1.21 bits per heavy atom. The summed E-state index contributed by atoms with van der Waals surface area (Å²) in [5, 5.41) is 13.8. The number of rotatable bonds is 6. The van der Waals surface area contributed by atoms with Gasteiger partial charge in [-0.3, -0.25) is 24.3 Å².